The van der Waals surface area contributed by atoms with Gasteiger partial charge in [0.2, 0.25) is 0 Å². The van der Waals surface area contributed by atoms with E-state index < -0.39 is 5.60 Å². The predicted octanol–water partition coefficient (Wildman–Crippen LogP) is 2.68. The molecule has 0 aliphatic heterocycles. The maximum atomic E-state index is 10.2. The Hall–Kier alpha value is -1.22. The minimum absolute atomic E-state index is 0.0407. The Labute approximate surface area is 102 Å². The number of methoxy groups -OCH3 is 1. The molecule has 1 fully saturated rings. The SMILES string of the molecule is COc1cc(C(C)(C)C)cc(C2(O)CC2)c1O. The van der Waals surface area contributed by atoms with Gasteiger partial charge in [-0.3, -0.25) is 0 Å². The molecular weight excluding hydrogens is 216 g/mol. The molecule has 2 rings (SSSR count). The van der Waals surface area contributed by atoms with E-state index >= 15 is 0 Å². The fourth-order valence-corrected chi connectivity index (χ4v) is 1.94. The molecule has 0 atom stereocenters. The summed E-state index contributed by atoms with van der Waals surface area (Å²) in [6.07, 6.45) is 1.41. The zero-order valence-electron chi connectivity index (χ0n) is 10.9. The van der Waals surface area contributed by atoms with Gasteiger partial charge >= 0.3 is 0 Å². The van der Waals surface area contributed by atoms with Gasteiger partial charge in [0.25, 0.3) is 0 Å². The summed E-state index contributed by atoms with van der Waals surface area (Å²) in [7, 11) is 1.53. The van der Waals surface area contributed by atoms with Crippen molar-refractivity contribution >= 4 is 0 Å². The van der Waals surface area contributed by atoms with Gasteiger partial charge in [0, 0.05) is 5.56 Å². The van der Waals surface area contributed by atoms with Crippen LogP contribution in [-0.2, 0) is 11.0 Å². The van der Waals surface area contributed by atoms with E-state index in [1.165, 1.54) is 7.11 Å². The minimum atomic E-state index is -0.849. The number of hydrogen-bond donors (Lipinski definition) is 2. The first-order valence-electron chi connectivity index (χ1n) is 5.92. The van der Waals surface area contributed by atoms with Crippen molar-refractivity contribution in [3.8, 4) is 11.5 Å². The van der Waals surface area contributed by atoms with E-state index in [9.17, 15) is 10.2 Å². The van der Waals surface area contributed by atoms with E-state index in [4.69, 9.17) is 4.74 Å². The lowest BCUT2D eigenvalue weighted by Gasteiger charge is -2.23. The number of rotatable bonds is 2. The van der Waals surface area contributed by atoms with Crippen LogP contribution in [0.5, 0.6) is 11.5 Å². The summed E-state index contributed by atoms with van der Waals surface area (Å²) >= 11 is 0. The molecule has 0 aromatic heterocycles. The molecule has 0 radical (unpaired) electrons. The van der Waals surface area contributed by atoms with Crippen molar-refractivity contribution in [1.29, 1.82) is 0 Å². The summed E-state index contributed by atoms with van der Waals surface area (Å²) in [6, 6.07) is 3.73. The summed E-state index contributed by atoms with van der Waals surface area (Å²) in [5.41, 5.74) is 0.767. The third kappa shape index (κ3) is 2.12. The van der Waals surface area contributed by atoms with Crippen molar-refractivity contribution in [2.75, 3.05) is 7.11 Å². The fourth-order valence-electron chi connectivity index (χ4n) is 1.94. The van der Waals surface area contributed by atoms with Crippen LogP contribution in [0.3, 0.4) is 0 Å². The minimum Gasteiger partial charge on any atom is -0.504 e. The number of aromatic hydroxyl groups is 1. The second kappa shape index (κ2) is 3.64. The van der Waals surface area contributed by atoms with Gasteiger partial charge < -0.3 is 14.9 Å². The van der Waals surface area contributed by atoms with Crippen molar-refractivity contribution in [2.45, 2.75) is 44.6 Å². The first-order valence-corrected chi connectivity index (χ1v) is 5.92. The van der Waals surface area contributed by atoms with E-state index in [0.29, 0.717) is 24.2 Å². The number of aliphatic hydroxyl groups is 1. The molecule has 2 N–H and O–H groups in total. The Kier molecular flexibility index (Phi) is 2.62. The molecule has 1 aliphatic carbocycles. The largest absolute Gasteiger partial charge is 0.504 e. The van der Waals surface area contributed by atoms with Crippen molar-refractivity contribution in [2.24, 2.45) is 0 Å². The van der Waals surface area contributed by atoms with Gasteiger partial charge in [0.15, 0.2) is 11.5 Å². The summed E-state index contributed by atoms with van der Waals surface area (Å²) < 4.78 is 5.18. The highest BCUT2D eigenvalue weighted by Gasteiger charge is 2.45. The van der Waals surface area contributed by atoms with Crippen molar-refractivity contribution < 1.29 is 14.9 Å². The third-order valence-electron chi connectivity index (χ3n) is 3.39. The van der Waals surface area contributed by atoms with Crippen LogP contribution >= 0.6 is 0 Å². The molecule has 3 nitrogen and oxygen atoms in total. The lowest BCUT2D eigenvalue weighted by Crippen LogP contribution is -2.14. The summed E-state index contributed by atoms with van der Waals surface area (Å²) in [5.74, 6) is 0.508. The Morgan fingerprint density at radius 3 is 2.24 bits per heavy atom. The molecule has 0 unspecified atom stereocenters. The quantitative estimate of drug-likeness (QED) is 0.830. The molecule has 1 aliphatic rings. The van der Waals surface area contributed by atoms with Crippen molar-refractivity contribution in [3.05, 3.63) is 23.3 Å². The molecule has 1 aromatic rings. The van der Waals surface area contributed by atoms with Crippen LogP contribution in [0.25, 0.3) is 0 Å². The molecule has 0 bridgehead atoms. The van der Waals surface area contributed by atoms with Crippen LogP contribution in [0, 0.1) is 0 Å². The standard InChI is InChI=1S/C14H20O3/c1-13(2,3)9-7-10(14(16)5-6-14)12(15)11(8-9)17-4/h7-8,15-16H,5-6H2,1-4H3. The number of hydrogen-bond acceptors (Lipinski definition) is 3. The number of phenolic OH excluding ortho intramolecular Hbond substituents is 1. The topological polar surface area (TPSA) is 49.7 Å². The third-order valence-corrected chi connectivity index (χ3v) is 3.39. The van der Waals surface area contributed by atoms with Crippen LogP contribution in [0.15, 0.2) is 12.1 Å². The molecular formula is C14H20O3. The fraction of sp³-hybridized carbons (Fsp3) is 0.571. The highest BCUT2D eigenvalue weighted by atomic mass is 16.5. The normalized spacial score (nSPS) is 17.9. The summed E-state index contributed by atoms with van der Waals surface area (Å²) in [5, 5.41) is 20.2. The predicted molar refractivity (Wildman–Crippen MR) is 66.5 cm³/mol. The maximum Gasteiger partial charge on any atom is 0.163 e. The Morgan fingerprint density at radius 2 is 1.82 bits per heavy atom. The van der Waals surface area contributed by atoms with Gasteiger partial charge in [-0.15, -0.1) is 0 Å². The van der Waals surface area contributed by atoms with E-state index in [-0.39, 0.29) is 11.2 Å². The number of phenols is 1. The lowest BCUT2D eigenvalue weighted by molar-refractivity contribution is 0.146. The monoisotopic (exact) mass is 236 g/mol. The van der Waals surface area contributed by atoms with E-state index in [2.05, 4.69) is 20.8 Å². The van der Waals surface area contributed by atoms with Crippen LogP contribution in [-0.4, -0.2) is 17.3 Å². The van der Waals surface area contributed by atoms with Gasteiger partial charge in [0.1, 0.15) is 0 Å². The van der Waals surface area contributed by atoms with Gasteiger partial charge in [-0.2, -0.15) is 0 Å². The van der Waals surface area contributed by atoms with E-state index in [0.717, 1.165) is 5.56 Å². The van der Waals surface area contributed by atoms with Gasteiger partial charge in [0.05, 0.1) is 12.7 Å². The molecule has 94 valence electrons. The molecule has 17 heavy (non-hydrogen) atoms. The second-order valence-corrected chi connectivity index (χ2v) is 5.86. The van der Waals surface area contributed by atoms with E-state index in [1.807, 2.05) is 12.1 Å². The van der Waals surface area contributed by atoms with Gasteiger partial charge in [-0.05, 0) is 36.0 Å². The van der Waals surface area contributed by atoms with Crippen LogP contribution in [0.1, 0.15) is 44.7 Å². The van der Waals surface area contributed by atoms with Gasteiger partial charge in [-0.1, -0.05) is 20.8 Å². The first kappa shape index (κ1) is 12.2. The zero-order chi connectivity index (χ0) is 12.8. The number of benzene rings is 1. The van der Waals surface area contributed by atoms with Crippen molar-refractivity contribution in [3.63, 3.8) is 0 Å². The Bertz CT molecular complexity index is 440. The highest BCUT2D eigenvalue weighted by Crippen LogP contribution is 2.51. The second-order valence-electron chi connectivity index (χ2n) is 5.86. The molecule has 0 saturated heterocycles. The van der Waals surface area contributed by atoms with Crippen LogP contribution in [0.4, 0.5) is 0 Å². The Balaban J connectivity index is 2.58. The molecule has 3 heteroatoms. The average molecular weight is 236 g/mol. The zero-order valence-corrected chi connectivity index (χ0v) is 10.9. The molecule has 0 amide bonds. The first-order chi connectivity index (χ1) is 7.78. The maximum absolute atomic E-state index is 10.2. The summed E-state index contributed by atoms with van der Waals surface area (Å²) in [4.78, 5) is 0. The molecule has 0 spiro atoms. The smallest absolute Gasteiger partial charge is 0.163 e. The molecule has 0 heterocycles. The average Bonchev–Trinajstić information content (AvgIpc) is 2.96. The lowest BCUT2D eigenvalue weighted by atomic mass is 9.85. The summed E-state index contributed by atoms with van der Waals surface area (Å²) in [6.45, 7) is 6.29. The Morgan fingerprint density at radius 1 is 1.24 bits per heavy atom. The van der Waals surface area contributed by atoms with Crippen molar-refractivity contribution in [1.82, 2.24) is 0 Å². The van der Waals surface area contributed by atoms with Crippen LogP contribution < -0.4 is 4.74 Å². The molecule has 1 saturated carbocycles. The highest BCUT2D eigenvalue weighted by molar-refractivity contribution is 5.53. The van der Waals surface area contributed by atoms with E-state index in [1.54, 1.807) is 0 Å². The van der Waals surface area contributed by atoms with Gasteiger partial charge in [-0.25, -0.2) is 0 Å². The molecule has 1 aromatic carbocycles. The number of ether oxygens (including phenoxy) is 1. The van der Waals surface area contributed by atoms with Crippen LogP contribution in [0.2, 0.25) is 0 Å².